The largest absolute Gasteiger partial charge is 0.390 e. The number of aliphatic hydroxyl groups excluding tert-OH is 1. The first-order chi connectivity index (χ1) is 8.31. The van der Waals surface area contributed by atoms with Gasteiger partial charge >= 0.3 is 0 Å². The second kappa shape index (κ2) is 6.15. The van der Waals surface area contributed by atoms with E-state index in [0.717, 1.165) is 19.5 Å². The molecule has 1 aromatic rings. The zero-order valence-electron chi connectivity index (χ0n) is 10.3. The van der Waals surface area contributed by atoms with Gasteiger partial charge < -0.3 is 10.8 Å². The third kappa shape index (κ3) is 3.28. The SMILES string of the molecule is NC[C@@H](O)C1CCCCN1Cc1ccccc1. The van der Waals surface area contributed by atoms with Crippen LogP contribution in [0.2, 0.25) is 0 Å². The van der Waals surface area contributed by atoms with Crippen LogP contribution in [0.15, 0.2) is 30.3 Å². The first-order valence-corrected chi connectivity index (χ1v) is 6.47. The number of aliphatic hydroxyl groups is 1. The van der Waals surface area contributed by atoms with Crippen LogP contribution in [0.3, 0.4) is 0 Å². The molecule has 1 unspecified atom stereocenters. The summed E-state index contributed by atoms with van der Waals surface area (Å²) in [5.74, 6) is 0. The number of likely N-dealkylation sites (tertiary alicyclic amines) is 1. The molecule has 2 atom stereocenters. The number of rotatable bonds is 4. The van der Waals surface area contributed by atoms with Crippen LogP contribution in [0.25, 0.3) is 0 Å². The molecule has 1 aliphatic rings. The van der Waals surface area contributed by atoms with Crippen LogP contribution in [-0.4, -0.2) is 35.2 Å². The van der Waals surface area contributed by atoms with Gasteiger partial charge in [0, 0.05) is 19.1 Å². The Morgan fingerprint density at radius 2 is 2.06 bits per heavy atom. The van der Waals surface area contributed by atoms with Gasteiger partial charge in [-0.05, 0) is 24.9 Å². The molecule has 0 spiro atoms. The summed E-state index contributed by atoms with van der Waals surface area (Å²) in [4.78, 5) is 2.37. The number of nitrogens with two attached hydrogens (primary N) is 1. The van der Waals surface area contributed by atoms with Crippen molar-refractivity contribution < 1.29 is 5.11 Å². The predicted molar refractivity (Wildman–Crippen MR) is 69.6 cm³/mol. The van der Waals surface area contributed by atoms with Crippen molar-refractivity contribution in [3.05, 3.63) is 35.9 Å². The lowest BCUT2D eigenvalue weighted by molar-refractivity contribution is 0.0263. The Bertz CT molecular complexity index is 328. The van der Waals surface area contributed by atoms with Crippen molar-refractivity contribution in [2.75, 3.05) is 13.1 Å². The molecule has 17 heavy (non-hydrogen) atoms. The van der Waals surface area contributed by atoms with Gasteiger partial charge in [0.15, 0.2) is 0 Å². The van der Waals surface area contributed by atoms with E-state index < -0.39 is 0 Å². The molecule has 3 N–H and O–H groups in total. The molecule has 2 rings (SSSR count). The zero-order chi connectivity index (χ0) is 12.1. The molecule has 0 amide bonds. The molecule has 0 aliphatic carbocycles. The van der Waals surface area contributed by atoms with Gasteiger partial charge in [-0.1, -0.05) is 36.8 Å². The number of piperidine rings is 1. The maximum atomic E-state index is 9.96. The lowest BCUT2D eigenvalue weighted by Gasteiger charge is -2.38. The van der Waals surface area contributed by atoms with Crippen molar-refractivity contribution in [3.8, 4) is 0 Å². The summed E-state index contributed by atoms with van der Waals surface area (Å²) in [6.45, 7) is 2.34. The maximum Gasteiger partial charge on any atom is 0.0817 e. The third-order valence-electron chi connectivity index (χ3n) is 3.58. The Hall–Kier alpha value is -0.900. The minimum absolute atomic E-state index is 0.231. The third-order valence-corrected chi connectivity index (χ3v) is 3.58. The van der Waals surface area contributed by atoms with Crippen LogP contribution in [0.4, 0.5) is 0 Å². The first kappa shape index (κ1) is 12.6. The fraction of sp³-hybridized carbons (Fsp3) is 0.571. The van der Waals surface area contributed by atoms with Crippen molar-refractivity contribution in [2.24, 2.45) is 5.73 Å². The average Bonchev–Trinajstić information content (AvgIpc) is 2.40. The lowest BCUT2D eigenvalue weighted by Crippen LogP contribution is -2.48. The van der Waals surface area contributed by atoms with Gasteiger partial charge in [-0.3, -0.25) is 4.90 Å². The molecule has 0 radical (unpaired) electrons. The van der Waals surface area contributed by atoms with Crippen LogP contribution >= 0.6 is 0 Å². The van der Waals surface area contributed by atoms with Gasteiger partial charge in [-0.2, -0.15) is 0 Å². The summed E-state index contributed by atoms with van der Waals surface area (Å²) in [5, 5.41) is 9.96. The van der Waals surface area contributed by atoms with Gasteiger partial charge in [0.25, 0.3) is 0 Å². The van der Waals surface area contributed by atoms with Gasteiger partial charge in [0.05, 0.1) is 6.10 Å². The molecule has 1 saturated heterocycles. The Balaban J connectivity index is 2.01. The number of hydrogen-bond donors (Lipinski definition) is 2. The Morgan fingerprint density at radius 1 is 1.29 bits per heavy atom. The van der Waals surface area contributed by atoms with Crippen molar-refractivity contribution in [3.63, 3.8) is 0 Å². The monoisotopic (exact) mass is 234 g/mol. The Labute approximate surface area is 103 Å². The smallest absolute Gasteiger partial charge is 0.0817 e. The molecule has 1 fully saturated rings. The zero-order valence-corrected chi connectivity index (χ0v) is 10.3. The fourth-order valence-electron chi connectivity index (χ4n) is 2.62. The highest BCUT2D eigenvalue weighted by atomic mass is 16.3. The molecule has 3 heteroatoms. The van der Waals surface area contributed by atoms with Crippen LogP contribution in [-0.2, 0) is 6.54 Å². The normalized spacial score (nSPS) is 23.5. The van der Waals surface area contributed by atoms with Crippen LogP contribution < -0.4 is 5.73 Å². The molecule has 3 nitrogen and oxygen atoms in total. The van der Waals surface area contributed by atoms with Gasteiger partial charge in [-0.15, -0.1) is 0 Å². The first-order valence-electron chi connectivity index (χ1n) is 6.47. The summed E-state index contributed by atoms with van der Waals surface area (Å²) in [6, 6.07) is 10.7. The highest BCUT2D eigenvalue weighted by molar-refractivity contribution is 5.14. The van der Waals surface area contributed by atoms with Crippen LogP contribution in [0.1, 0.15) is 24.8 Å². The van der Waals surface area contributed by atoms with E-state index >= 15 is 0 Å². The van der Waals surface area contributed by atoms with Crippen molar-refractivity contribution in [1.29, 1.82) is 0 Å². The number of hydrogen-bond acceptors (Lipinski definition) is 3. The quantitative estimate of drug-likeness (QED) is 0.827. The summed E-state index contributed by atoms with van der Waals surface area (Å²) in [7, 11) is 0. The van der Waals surface area contributed by atoms with Crippen LogP contribution in [0.5, 0.6) is 0 Å². The summed E-state index contributed by atoms with van der Waals surface area (Å²) in [5.41, 5.74) is 6.89. The number of nitrogens with zero attached hydrogens (tertiary/aromatic N) is 1. The minimum Gasteiger partial charge on any atom is -0.390 e. The molecule has 1 aliphatic heterocycles. The molecule has 0 saturated carbocycles. The molecule has 0 bridgehead atoms. The maximum absolute atomic E-state index is 9.96. The molecular formula is C14H22N2O. The van der Waals surface area contributed by atoms with E-state index in [1.165, 1.54) is 18.4 Å². The standard InChI is InChI=1S/C14H22N2O/c15-10-14(17)13-8-4-5-9-16(13)11-12-6-2-1-3-7-12/h1-3,6-7,13-14,17H,4-5,8-11,15H2/t13?,14-/m1/s1. The van der Waals surface area contributed by atoms with E-state index in [1.54, 1.807) is 0 Å². The van der Waals surface area contributed by atoms with E-state index in [-0.39, 0.29) is 12.1 Å². The summed E-state index contributed by atoms with van der Waals surface area (Å²) in [6.07, 6.45) is 3.10. The van der Waals surface area contributed by atoms with Crippen molar-refractivity contribution in [2.45, 2.75) is 38.0 Å². The van der Waals surface area contributed by atoms with E-state index in [1.807, 2.05) is 6.07 Å². The Kier molecular flexibility index (Phi) is 4.54. The average molecular weight is 234 g/mol. The molecule has 94 valence electrons. The van der Waals surface area contributed by atoms with Crippen LogP contribution in [0, 0.1) is 0 Å². The minimum atomic E-state index is -0.390. The molecule has 1 heterocycles. The summed E-state index contributed by atoms with van der Waals surface area (Å²) >= 11 is 0. The second-order valence-electron chi connectivity index (χ2n) is 4.82. The highest BCUT2D eigenvalue weighted by Crippen LogP contribution is 2.21. The Morgan fingerprint density at radius 3 is 2.76 bits per heavy atom. The second-order valence-corrected chi connectivity index (χ2v) is 4.82. The number of benzene rings is 1. The highest BCUT2D eigenvalue weighted by Gasteiger charge is 2.27. The van der Waals surface area contributed by atoms with E-state index in [2.05, 4.69) is 29.2 Å². The topological polar surface area (TPSA) is 49.5 Å². The van der Waals surface area contributed by atoms with E-state index in [9.17, 15) is 5.11 Å². The molecule has 1 aromatic carbocycles. The van der Waals surface area contributed by atoms with Gasteiger partial charge in [0.2, 0.25) is 0 Å². The molecular weight excluding hydrogens is 212 g/mol. The van der Waals surface area contributed by atoms with Crippen molar-refractivity contribution in [1.82, 2.24) is 4.90 Å². The lowest BCUT2D eigenvalue weighted by atomic mass is 9.96. The van der Waals surface area contributed by atoms with Gasteiger partial charge in [0.1, 0.15) is 0 Å². The fourth-order valence-corrected chi connectivity index (χ4v) is 2.62. The predicted octanol–water partition coefficient (Wildman–Crippen LogP) is 1.36. The van der Waals surface area contributed by atoms with E-state index in [4.69, 9.17) is 5.73 Å². The molecule has 0 aromatic heterocycles. The van der Waals surface area contributed by atoms with Gasteiger partial charge in [-0.25, -0.2) is 0 Å². The summed E-state index contributed by atoms with van der Waals surface area (Å²) < 4.78 is 0. The van der Waals surface area contributed by atoms with E-state index in [0.29, 0.717) is 6.54 Å². The van der Waals surface area contributed by atoms with Crippen molar-refractivity contribution >= 4 is 0 Å².